The van der Waals surface area contributed by atoms with E-state index in [1.807, 2.05) is 30.3 Å². The molecule has 0 saturated heterocycles. The largest absolute Gasteiger partial charge is 0.381 e. The lowest BCUT2D eigenvalue weighted by molar-refractivity contribution is 0.409. The van der Waals surface area contributed by atoms with E-state index >= 15 is 0 Å². The van der Waals surface area contributed by atoms with Crippen LogP contribution in [0.1, 0.15) is 37.7 Å². The predicted molar refractivity (Wildman–Crippen MR) is 70.0 cm³/mol. The second-order valence-electron chi connectivity index (χ2n) is 4.53. The third-order valence-electron chi connectivity index (χ3n) is 3.26. The summed E-state index contributed by atoms with van der Waals surface area (Å²) in [6.45, 7) is 0. The molecule has 2 nitrogen and oxygen atoms in total. The molecule has 0 amide bonds. The molecular formula is C15H18N2. The summed E-state index contributed by atoms with van der Waals surface area (Å²) in [5.41, 5.74) is 2.06. The van der Waals surface area contributed by atoms with Gasteiger partial charge in [0.2, 0.25) is 0 Å². The highest BCUT2D eigenvalue weighted by Crippen LogP contribution is 2.21. The Labute approximate surface area is 103 Å². The van der Waals surface area contributed by atoms with E-state index in [2.05, 4.69) is 11.4 Å². The maximum absolute atomic E-state index is 8.86. The van der Waals surface area contributed by atoms with Crippen LogP contribution in [0.2, 0.25) is 0 Å². The van der Waals surface area contributed by atoms with Crippen molar-refractivity contribution in [2.75, 3.05) is 0 Å². The molecule has 1 N–H and O–H groups in total. The molecule has 0 aliphatic heterocycles. The van der Waals surface area contributed by atoms with E-state index in [-0.39, 0.29) is 0 Å². The van der Waals surface area contributed by atoms with Crippen molar-refractivity contribution < 1.29 is 0 Å². The zero-order chi connectivity index (χ0) is 11.9. The number of allylic oxidation sites excluding steroid dienone is 1. The van der Waals surface area contributed by atoms with Gasteiger partial charge in [-0.2, -0.15) is 5.26 Å². The second-order valence-corrected chi connectivity index (χ2v) is 4.53. The monoisotopic (exact) mass is 226 g/mol. The number of hydrogen-bond acceptors (Lipinski definition) is 2. The van der Waals surface area contributed by atoms with Crippen LogP contribution < -0.4 is 5.32 Å². The Bertz CT molecular complexity index is 408. The Balaban J connectivity index is 2.08. The SMILES string of the molecule is N#C/C=C(\NC1CCCCC1)c1ccccc1. The number of nitriles is 1. The van der Waals surface area contributed by atoms with Crippen LogP contribution >= 0.6 is 0 Å². The molecular weight excluding hydrogens is 208 g/mol. The highest BCUT2D eigenvalue weighted by Gasteiger charge is 2.14. The summed E-state index contributed by atoms with van der Waals surface area (Å²) in [4.78, 5) is 0. The van der Waals surface area contributed by atoms with E-state index < -0.39 is 0 Å². The van der Waals surface area contributed by atoms with Crippen molar-refractivity contribution in [3.63, 3.8) is 0 Å². The van der Waals surface area contributed by atoms with E-state index in [0.29, 0.717) is 6.04 Å². The van der Waals surface area contributed by atoms with Crippen molar-refractivity contribution in [2.45, 2.75) is 38.1 Å². The first-order valence-corrected chi connectivity index (χ1v) is 6.32. The number of rotatable bonds is 3. The summed E-state index contributed by atoms with van der Waals surface area (Å²) in [5, 5.41) is 12.4. The van der Waals surface area contributed by atoms with Crippen molar-refractivity contribution >= 4 is 5.70 Å². The van der Waals surface area contributed by atoms with Crippen LogP contribution in [0.4, 0.5) is 0 Å². The molecule has 1 aromatic rings. The van der Waals surface area contributed by atoms with E-state index in [1.165, 1.54) is 32.1 Å². The molecule has 0 heterocycles. The molecule has 88 valence electrons. The number of hydrogen-bond donors (Lipinski definition) is 1. The van der Waals surface area contributed by atoms with Gasteiger partial charge < -0.3 is 5.32 Å². The van der Waals surface area contributed by atoms with Gasteiger partial charge in [0.15, 0.2) is 0 Å². The maximum atomic E-state index is 8.86. The van der Waals surface area contributed by atoms with Crippen LogP contribution in [-0.4, -0.2) is 6.04 Å². The topological polar surface area (TPSA) is 35.8 Å². The number of nitrogens with one attached hydrogen (secondary N) is 1. The van der Waals surface area contributed by atoms with Crippen molar-refractivity contribution in [1.29, 1.82) is 5.26 Å². The lowest BCUT2D eigenvalue weighted by Crippen LogP contribution is -2.29. The van der Waals surface area contributed by atoms with Crippen LogP contribution in [0, 0.1) is 11.3 Å². The molecule has 1 saturated carbocycles. The van der Waals surface area contributed by atoms with Crippen LogP contribution in [-0.2, 0) is 0 Å². The molecule has 1 fully saturated rings. The molecule has 17 heavy (non-hydrogen) atoms. The van der Waals surface area contributed by atoms with Gasteiger partial charge >= 0.3 is 0 Å². The highest BCUT2D eigenvalue weighted by molar-refractivity contribution is 5.66. The van der Waals surface area contributed by atoms with Gasteiger partial charge in [-0.25, -0.2) is 0 Å². The van der Waals surface area contributed by atoms with Gasteiger partial charge in [-0.15, -0.1) is 0 Å². The smallest absolute Gasteiger partial charge is 0.0933 e. The lowest BCUT2D eigenvalue weighted by atomic mass is 9.95. The fourth-order valence-corrected chi connectivity index (χ4v) is 2.36. The molecule has 0 aromatic heterocycles. The Hall–Kier alpha value is -1.75. The van der Waals surface area contributed by atoms with Gasteiger partial charge in [0, 0.05) is 12.1 Å². The zero-order valence-electron chi connectivity index (χ0n) is 10.0. The van der Waals surface area contributed by atoms with Crippen LogP contribution in [0.3, 0.4) is 0 Å². The quantitative estimate of drug-likeness (QED) is 0.801. The van der Waals surface area contributed by atoms with Gasteiger partial charge in [0.05, 0.1) is 11.8 Å². The van der Waals surface area contributed by atoms with Crippen molar-refractivity contribution in [3.8, 4) is 6.07 Å². The summed E-state index contributed by atoms with van der Waals surface area (Å²) >= 11 is 0. The molecule has 1 aliphatic carbocycles. The number of benzene rings is 1. The molecule has 0 atom stereocenters. The Morgan fingerprint density at radius 3 is 2.53 bits per heavy atom. The first-order valence-electron chi connectivity index (χ1n) is 6.32. The second kappa shape index (κ2) is 6.10. The van der Waals surface area contributed by atoms with Gasteiger partial charge in [-0.05, 0) is 18.4 Å². The highest BCUT2D eigenvalue weighted by atomic mass is 14.9. The lowest BCUT2D eigenvalue weighted by Gasteiger charge is -2.25. The molecule has 2 heteroatoms. The van der Waals surface area contributed by atoms with Gasteiger partial charge in [0.1, 0.15) is 0 Å². The molecule has 1 aliphatic rings. The average molecular weight is 226 g/mol. The fraction of sp³-hybridized carbons (Fsp3) is 0.400. The van der Waals surface area contributed by atoms with Crippen molar-refractivity contribution in [3.05, 3.63) is 42.0 Å². The summed E-state index contributed by atoms with van der Waals surface area (Å²) in [5.74, 6) is 0. The third kappa shape index (κ3) is 3.35. The molecule has 1 aromatic carbocycles. The third-order valence-corrected chi connectivity index (χ3v) is 3.26. The van der Waals surface area contributed by atoms with Crippen LogP contribution in [0.25, 0.3) is 5.70 Å². The van der Waals surface area contributed by atoms with Gasteiger partial charge in [-0.1, -0.05) is 49.6 Å². The Morgan fingerprint density at radius 1 is 1.18 bits per heavy atom. The first-order chi connectivity index (χ1) is 8.40. The minimum Gasteiger partial charge on any atom is -0.381 e. The van der Waals surface area contributed by atoms with Crippen molar-refractivity contribution in [2.24, 2.45) is 0 Å². The maximum Gasteiger partial charge on any atom is 0.0933 e. The predicted octanol–water partition coefficient (Wildman–Crippen LogP) is 3.47. The Morgan fingerprint density at radius 2 is 1.88 bits per heavy atom. The van der Waals surface area contributed by atoms with Crippen molar-refractivity contribution in [1.82, 2.24) is 5.32 Å². The summed E-state index contributed by atoms with van der Waals surface area (Å²) in [6.07, 6.45) is 7.99. The van der Waals surface area contributed by atoms with Crippen LogP contribution in [0.5, 0.6) is 0 Å². The minimum atomic E-state index is 0.531. The standard InChI is InChI=1S/C15H18N2/c16-12-11-15(13-7-3-1-4-8-13)17-14-9-5-2-6-10-14/h1,3-4,7-8,11,14,17H,2,5-6,9-10H2/b15-11-. The summed E-state index contributed by atoms with van der Waals surface area (Å²) in [6, 6.07) is 12.7. The molecule has 0 unspecified atom stereocenters. The molecule has 2 rings (SSSR count). The van der Waals surface area contributed by atoms with E-state index in [4.69, 9.17) is 5.26 Å². The van der Waals surface area contributed by atoms with E-state index in [9.17, 15) is 0 Å². The summed E-state index contributed by atoms with van der Waals surface area (Å²) in [7, 11) is 0. The zero-order valence-corrected chi connectivity index (χ0v) is 10.0. The van der Waals surface area contributed by atoms with Gasteiger partial charge in [-0.3, -0.25) is 0 Å². The van der Waals surface area contributed by atoms with Gasteiger partial charge in [0.25, 0.3) is 0 Å². The van der Waals surface area contributed by atoms with E-state index in [1.54, 1.807) is 6.08 Å². The fourth-order valence-electron chi connectivity index (χ4n) is 2.36. The minimum absolute atomic E-state index is 0.531. The molecule has 0 bridgehead atoms. The first kappa shape index (κ1) is 11.7. The molecule has 0 radical (unpaired) electrons. The van der Waals surface area contributed by atoms with Crippen LogP contribution in [0.15, 0.2) is 36.4 Å². The molecule has 0 spiro atoms. The normalized spacial score (nSPS) is 17.5. The average Bonchev–Trinajstić information content (AvgIpc) is 2.40. The number of nitrogens with zero attached hydrogens (tertiary/aromatic N) is 1. The summed E-state index contributed by atoms with van der Waals surface area (Å²) < 4.78 is 0. The Kier molecular flexibility index (Phi) is 4.21. The van der Waals surface area contributed by atoms with E-state index in [0.717, 1.165) is 11.3 Å².